The van der Waals surface area contributed by atoms with Gasteiger partial charge >= 0.3 is 6.03 Å². The third-order valence-electron chi connectivity index (χ3n) is 5.17. The molecule has 0 atom stereocenters. The summed E-state index contributed by atoms with van der Waals surface area (Å²) < 4.78 is 6.91. The van der Waals surface area contributed by atoms with Gasteiger partial charge in [-0.05, 0) is 43.3 Å². The molecule has 1 aliphatic heterocycles. The van der Waals surface area contributed by atoms with Gasteiger partial charge in [0.25, 0.3) is 5.56 Å². The summed E-state index contributed by atoms with van der Waals surface area (Å²) in [6.07, 6.45) is 0. The SMILES string of the molecule is Cc1ccc(NC(=O)Nc2ccc(-c3nc(N4CCOCC4)cc(=O)n3C)cc2)cc1. The first-order valence-electron chi connectivity index (χ1n) is 10.2. The number of nitrogens with zero attached hydrogens (tertiary/aromatic N) is 3. The molecule has 31 heavy (non-hydrogen) atoms. The molecule has 1 fully saturated rings. The summed E-state index contributed by atoms with van der Waals surface area (Å²) in [5, 5.41) is 5.61. The minimum Gasteiger partial charge on any atom is -0.378 e. The van der Waals surface area contributed by atoms with Gasteiger partial charge in [0.2, 0.25) is 0 Å². The van der Waals surface area contributed by atoms with Crippen LogP contribution in [0, 0.1) is 6.92 Å². The number of carbonyl (C=O) groups excluding carboxylic acids is 1. The maximum Gasteiger partial charge on any atom is 0.323 e. The summed E-state index contributed by atoms with van der Waals surface area (Å²) in [7, 11) is 1.70. The van der Waals surface area contributed by atoms with Crippen LogP contribution < -0.4 is 21.1 Å². The van der Waals surface area contributed by atoms with Crippen LogP contribution in [0.2, 0.25) is 0 Å². The Balaban J connectivity index is 1.49. The van der Waals surface area contributed by atoms with E-state index in [0.717, 1.165) is 16.8 Å². The summed E-state index contributed by atoms with van der Waals surface area (Å²) in [5.74, 6) is 1.23. The number of hydrogen-bond donors (Lipinski definition) is 2. The number of benzene rings is 2. The zero-order valence-corrected chi connectivity index (χ0v) is 17.6. The van der Waals surface area contributed by atoms with Crippen molar-refractivity contribution < 1.29 is 9.53 Å². The smallest absolute Gasteiger partial charge is 0.323 e. The molecule has 0 aliphatic carbocycles. The molecule has 2 aromatic carbocycles. The maximum absolute atomic E-state index is 12.5. The van der Waals surface area contributed by atoms with E-state index >= 15 is 0 Å². The maximum atomic E-state index is 12.5. The van der Waals surface area contributed by atoms with Crippen molar-refractivity contribution in [2.75, 3.05) is 41.8 Å². The molecule has 1 aromatic heterocycles. The van der Waals surface area contributed by atoms with Crippen molar-refractivity contribution in [2.24, 2.45) is 7.05 Å². The molecule has 3 aromatic rings. The highest BCUT2D eigenvalue weighted by atomic mass is 16.5. The minimum atomic E-state index is -0.323. The van der Waals surface area contributed by atoms with Gasteiger partial charge in [-0.1, -0.05) is 17.7 Å². The van der Waals surface area contributed by atoms with Crippen LogP contribution in [0.15, 0.2) is 59.4 Å². The van der Waals surface area contributed by atoms with Gasteiger partial charge in [0.05, 0.1) is 13.2 Å². The second-order valence-electron chi connectivity index (χ2n) is 7.46. The van der Waals surface area contributed by atoms with Crippen LogP contribution in [-0.4, -0.2) is 41.9 Å². The van der Waals surface area contributed by atoms with E-state index in [9.17, 15) is 9.59 Å². The van der Waals surface area contributed by atoms with Gasteiger partial charge in [-0.25, -0.2) is 9.78 Å². The number of amides is 2. The Morgan fingerprint density at radius 2 is 1.55 bits per heavy atom. The van der Waals surface area contributed by atoms with Crippen molar-refractivity contribution in [2.45, 2.75) is 6.92 Å². The first-order valence-corrected chi connectivity index (χ1v) is 10.2. The van der Waals surface area contributed by atoms with Crippen molar-refractivity contribution in [3.05, 3.63) is 70.5 Å². The van der Waals surface area contributed by atoms with E-state index in [0.29, 0.717) is 43.6 Å². The van der Waals surface area contributed by atoms with Crippen LogP contribution in [0.5, 0.6) is 0 Å². The van der Waals surface area contributed by atoms with E-state index in [4.69, 9.17) is 9.72 Å². The molecule has 160 valence electrons. The summed E-state index contributed by atoms with van der Waals surface area (Å²) >= 11 is 0. The largest absolute Gasteiger partial charge is 0.378 e. The number of nitrogens with one attached hydrogen (secondary N) is 2. The number of anilines is 3. The third-order valence-corrected chi connectivity index (χ3v) is 5.17. The standard InChI is InChI=1S/C23H25N5O3/c1-16-3-7-18(8-4-16)24-23(30)25-19-9-5-17(6-10-19)22-26-20(15-21(29)27(22)2)28-11-13-31-14-12-28/h3-10,15H,11-14H2,1-2H3,(H2,24,25,30). The fraction of sp³-hybridized carbons (Fsp3) is 0.261. The summed E-state index contributed by atoms with van der Waals surface area (Å²) in [6, 6.07) is 16.1. The fourth-order valence-electron chi connectivity index (χ4n) is 3.37. The molecule has 2 N–H and O–H groups in total. The number of carbonyl (C=O) groups is 1. The Labute approximate surface area is 180 Å². The van der Waals surface area contributed by atoms with Crippen LogP contribution in [0.1, 0.15) is 5.56 Å². The second kappa shape index (κ2) is 9.01. The van der Waals surface area contributed by atoms with E-state index < -0.39 is 0 Å². The molecular formula is C23H25N5O3. The average molecular weight is 419 g/mol. The van der Waals surface area contributed by atoms with Gasteiger partial charge in [0, 0.05) is 43.1 Å². The molecule has 0 unspecified atom stereocenters. The zero-order chi connectivity index (χ0) is 21.8. The number of urea groups is 1. The lowest BCUT2D eigenvalue weighted by Crippen LogP contribution is -2.38. The summed E-state index contributed by atoms with van der Waals surface area (Å²) in [4.78, 5) is 31.5. The second-order valence-corrected chi connectivity index (χ2v) is 7.46. The van der Waals surface area contributed by atoms with Crippen molar-refractivity contribution in [3.8, 4) is 11.4 Å². The van der Waals surface area contributed by atoms with Gasteiger partial charge in [0.1, 0.15) is 11.6 Å². The van der Waals surface area contributed by atoms with E-state index in [1.54, 1.807) is 25.2 Å². The van der Waals surface area contributed by atoms with Crippen molar-refractivity contribution in [1.29, 1.82) is 0 Å². The summed E-state index contributed by atoms with van der Waals surface area (Å²) in [6.45, 7) is 4.65. The van der Waals surface area contributed by atoms with Crippen LogP contribution in [0.3, 0.4) is 0 Å². The molecule has 0 bridgehead atoms. The normalized spacial score (nSPS) is 13.7. The number of hydrogen-bond acceptors (Lipinski definition) is 5. The Morgan fingerprint density at radius 1 is 0.968 bits per heavy atom. The fourth-order valence-corrected chi connectivity index (χ4v) is 3.37. The molecule has 0 saturated carbocycles. The average Bonchev–Trinajstić information content (AvgIpc) is 2.78. The van der Waals surface area contributed by atoms with Crippen LogP contribution >= 0.6 is 0 Å². The van der Waals surface area contributed by atoms with Gasteiger partial charge in [-0.15, -0.1) is 0 Å². The molecular weight excluding hydrogens is 394 g/mol. The molecule has 1 aliphatic rings. The first-order chi connectivity index (χ1) is 15.0. The topological polar surface area (TPSA) is 88.5 Å². The van der Waals surface area contributed by atoms with Gasteiger partial charge in [-0.3, -0.25) is 9.36 Å². The molecule has 1 saturated heterocycles. The van der Waals surface area contributed by atoms with E-state index in [-0.39, 0.29) is 11.6 Å². The number of ether oxygens (including phenoxy) is 1. The van der Waals surface area contributed by atoms with Crippen LogP contribution in [0.25, 0.3) is 11.4 Å². The highest BCUT2D eigenvalue weighted by Gasteiger charge is 2.16. The number of rotatable bonds is 4. The lowest BCUT2D eigenvalue weighted by atomic mass is 10.2. The number of morpholine rings is 1. The predicted molar refractivity (Wildman–Crippen MR) is 122 cm³/mol. The van der Waals surface area contributed by atoms with Gasteiger partial charge in [-0.2, -0.15) is 0 Å². The lowest BCUT2D eigenvalue weighted by molar-refractivity contribution is 0.122. The lowest BCUT2D eigenvalue weighted by Gasteiger charge is -2.28. The molecule has 4 rings (SSSR count). The van der Waals surface area contributed by atoms with Crippen LogP contribution in [0.4, 0.5) is 22.0 Å². The van der Waals surface area contributed by atoms with E-state index in [2.05, 4.69) is 15.5 Å². The highest BCUT2D eigenvalue weighted by Crippen LogP contribution is 2.21. The van der Waals surface area contributed by atoms with E-state index in [1.165, 1.54) is 4.57 Å². The Kier molecular flexibility index (Phi) is 5.99. The monoisotopic (exact) mass is 419 g/mol. The molecule has 0 spiro atoms. The van der Waals surface area contributed by atoms with Crippen molar-refractivity contribution in [1.82, 2.24) is 9.55 Å². The van der Waals surface area contributed by atoms with Crippen molar-refractivity contribution >= 4 is 23.2 Å². The molecule has 2 amide bonds. The quantitative estimate of drug-likeness (QED) is 0.678. The Morgan fingerprint density at radius 3 is 2.16 bits per heavy atom. The molecule has 8 heteroatoms. The Bertz CT molecular complexity index is 1120. The molecule has 2 heterocycles. The predicted octanol–water partition coefficient (Wildman–Crippen LogP) is 3.24. The van der Waals surface area contributed by atoms with E-state index in [1.807, 2.05) is 43.3 Å². The Hall–Kier alpha value is -3.65. The zero-order valence-electron chi connectivity index (χ0n) is 17.6. The minimum absolute atomic E-state index is 0.119. The number of aryl methyl sites for hydroxylation is 1. The first kappa shape index (κ1) is 20.6. The summed E-state index contributed by atoms with van der Waals surface area (Å²) in [5.41, 5.74) is 3.16. The van der Waals surface area contributed by atoms with Gasteiger partial charge in [0.15, 0.2) is 0 Å². The van der Waals surface area contributed by atoms with Crippen molar-refractivity contribution in [3.63, 3.8) is 0 Å². The van der Waals surface area contributed by atoms with Gasteiger partial charge < -0.3 is 20.3 Å². The third kappa shape index (κ3) is 4.92. The number of aromatic nitrogens is 2. The highest BCUT2D eigenvalue weighted by molar-refractivity contribution is 5.99. The molecule has 0 radical (unpaired) electrons. The molecule has 8 nitrogen and oxygen atoms in total. The van der Waals surface area contributed by atoms with Crippen LogP contribution in [-0.2, 0) is 11.8 Å².